The second kappa shape index (κ2) is 11.6. The fourth-order valence-electron chi connectivity index (χ4n) is 3.22. The number of nitrogens with zero attached hydrogens (tertiary/aromatic N) is 8. The predicted octanol–water partition coefficient (Wildman–Crippen LogP) is 1.14. The number of oxime groups is 1. The predicted molar refractivity (Wildman–Crippen MR) is 133 cm³/mol. The van der Waals surface area contributed by atoms with E-state index < -0.39 is 29.2 Å². The number of nitrogens with one attached hydrogen (secondary N) is 1. The number of amides is 2. The molecule has 4 N–H and O–H groups in total. The highest BCUT2D eigenvalue weighted by Gasteiger charge is 2.54. The zero-order valence-corrected chi connectivity index (χ0v) is 21.3. The number of thioether (sulfide) groups is 2. The first-order chi connectivity index (χ1) is 17.4. The molecule has 19 heteroatoms. The minimum absolute atomic E-state index is 0.00708. The van der Waals surface area contributed by atoms with E-state index in [2.05, 4.69) is 35.7 Å². The number of aromatic nitrogens is 3. The SMILES string of the molecule is [N-]=[N+]=NCCON=C(C(=O)NC1C(=O)N2C(C(=O)O)=C(CSc3nncs3)CS[C@H]12)c1csc(N)n1. The summed E-state index contributed by atoms with van der Waals surface area (Å²) in [6.07, 6.45) is 0. The highest BCUT2D eigenvalue weighted by atomic mass is 32.2. The van der Waals surface area contributed by atoms with Gasteiger partial charge in [-0.15, -0.1) is 33.3 Å². The Morgan fingerprint density at radius 3 is 2.94 bits per heavy atom. The van der Waals surface area contributed by atoms with Gasteiger partial charge in [0.1, 0.15) is 34.9 Å². The van der Waals surface area contributed by atoms with Crippen molar-refractivity contribution in [1.82, 2.24) is 25.4 Å². The number of anilines is 1. The lowest BCUT2D eigenvalue weighted by molar-refractivity contribution is -0.150. The number of carboxylic acids is 1. The molecule has 2 amide bonds. The van der Waals surface area contributed by atoms with Crippen molar-refractivity contribution in [3.63, 3.8) is 0 Å². The largest absolute Gasteiger partial charge is 0.477 e. The summed E-state index contributed by atoms with van der Waals surface area (Å²) < 4.78 is 0.690. The smallest absolute Gasteiger partial charge is 0.352 e. The Hall–Kier alpha value is -3.38. The molecule has 0 spiro atoms. The van der Waals surface area contributed by atoms with Crippen LogP contribution in [0.15, 0.2) is 36.8 Å². The number of nitrogen functional groups attached to an aromatic ring is 1. The summed E-state index contributed by atoms with van der Waals surface area (Å²) in [5, 5.41) is 28.3. The van der Waals surface area contributed by atoms with Gasteiger partial charge in [-0.05, 0) is 11.1 Å². The highest BCUT2D eigenvalue weighted by molar-refractivity contribution is 8.01. The van der Waals surface area contributed by atoms with Crippen molar-refractivity contribution in [2.45, 2.75) is 15.8 Å². The molecule has 36 heavy (non-hydrogen) atoms. The van der Waals surface area contributed by atoms with E-state index in [9.17, 15) is 19.5 Å². The third-order valence-electron chi connectivity index (χ3n) is 4.73. The molecule has 4 rings (SSSR count). The molecule has 0 radical (unpaired) electrons. The molecular formula is C17H16N10O5S4. The van der Waals surface area contributed by atoms with Crippen LogP contribution in [-0.2, 0) is 19.2 Å². The molecule has 2 aliphatic heterocycles. The normalized spacial score (nSPS) is 19.3. The molecule has 0 bridgehead atoms. The van der Waals surface area contributed by atoms with Gasteiger partial charge in [0, 0.05) is 21.8 Å². The maximum Gasteiger partial charge on any atom is 0.352 e. The molecule has 4 heterocycles. The number of thiazole rings is 1. The number of carboxylic acid groups (broad SMARTS) is 1. The number of β-lactam (4-membered cyclic amide) rings is 1. The van der Waals surface area contributed by atoms with Crippen LogP contribution < -0.4 is 11.1 Å². The van der Waals surface area contributed by atoms with Crippen LogP contribution in [0.4, 0.5) is 5.13 Å². The average molecular weight is 569 g/mol. The number of rotatable bonds is 11. The lowest BCUT2D eigenvalue weighted by Crippen LogP contribution is -2.71. The molecule has 2 aromatic heterocycles. The molecular weight excluding hydrogens is 553 g/mol. The second-order valence-corrected chi connectivity index (χ2v) is 11.0. The molecule has 0 aliphatic carbocycles. The minimum Gasteiger partial charge on any atom is -0.477 e. The Morgan fingerprint density at radius 1 is 1.44 bits per heavy atom. The number of fused-ring (bicyclic) bond motifs is 1. The molecule has 2 atom stereocenters. The molecule has 1 fully saturated rings. The van der Waals surface area contributed by atoms with Crippen molar-refractivity contribution in [3.05, 3.63) is 38.3 Å². The molecule has 0 saturated carbocycles. The number of nitrogens with two attached hydrogens (primary N) is 1. The fraction of sp³-hybridized carbons (Fsp3) is 0.353. The molecule has 0 aromatic carbocycles. The minimum atomic E-state index is -1.22. The molecule has 188 valence electrons. The van der Waals surface area contributed by atoms with E-state index in [1.807, 2.05) is 0 Å². The van der Waals surface area contributed by atoms with Gasteiger partial charge in [0.25, 0.3) is 11.8 Å². The number of hydrogen-bond acceptors (Lipinski definition) is 14. The first-order valence-corrected chi connectivity index (χ1v) is 13.7. The van der Waals surface area contributed by atoms with Gasteiger partial charge in [0.15, 0.2) is 15.2 Å². The zero-order valence-electron chi connectivity index (χ0n) is 18.0. The lowest BCUT2D eigenvalue weighted by atomic mass is 10.0. The van der Waals surface area contributed by atoms with Gasteiger partial charge >= 0.3 is 5.97 Å². The summed E-state index contributed by atoms with van der Waals surface area (Å²) in [7, 11) is 0. The van der Waals surface area contributed by atoms with E-state index in [1.165, 1.54) is 45.1 Å². The summed E-state index contributed by atoms with van der Waals surface area (Å²) in [6, 6.07) is -0.974. The van der Waals surface area contributed by atoms with Crippen molar-refractivity contribution in [3.8, 4) is 0 Å². The topological polar surface area (TPSA) is 222 Å². The molecule has 15 nitrogen and oxygen atoms in total. The van der Waals surface area contributed by atoms with Gasteiger partial charge in [-0.2, -0.15) is 0 Å². The fourth-order valence-corrected chi connectivity index (χ4v) is 6.74. The standard InChI is InChI=1S/C17H16N10O5S4/c18-16-22-8(5-34-16)9(25-32-2-1-20-26-19)12(28)23-10-13(29)27-11(15(30)31)7(3-33-14(10)27)4-35-17-24-21-6-36-17/h5-6,10,14H,1-4H2,(H2,18,22)(H,23,28)(H,30,31)/t10?,14-/m1/s1. The zero-order chi connectivity index (χ0) is 25.7. The Morgan fingerprint density at radius 2 is 2.28 bits per heavy atom. The van der Waals surface area contributed by atoms with Crippen LogP contribution in [0, 0.1) is 0 Å². The average Bonchev–Trinajstić information content (AvgIpc) is 3.54. The summed E-state index contributed by atoms with van der Waals surface area (Å²) in [6.45, 7) is -0.0907. The van der Waals surface area contributed by atoms with Crippen LogP contribution in [0.5, 0.6) is 0 Å². The monoisotopic (exact) mass is 568 g/mol. The quantitative estimate of drug-likeness (QED) is 0.0509. The summed E-state index contributed by atoms with van der Waals surface area (Å²) in [5.74, 6) is -1.83. The van der Waals surface area contributed by atoms with E-state index in [1.54, 1.807) is 5.51 Å². The van der Waals surface area contributed by atoms with Crippen molar-refractivity contribution in [1.29, 1.82) is 0 Å². The second-order valence-electron chi connectivity index (χ2n) is 6.91. The van der Waals surface area contributed by atoms with Gasteiger partial charge in [0.2, 0.25) is 0 Å². The number of aliphatic carboxylic acids is 1. The first kappa shape index (κ1) is 25.7. The van der Waals surface area contributed by atoms with Gasteiger partial charge in [-0.25, -0.2) is 9.78 Å². The van der Waals surface area contributed by atoms with E-state index in [0.29, 0.717) is 21.4 Å². The third kappa shape index (κ3) is 5.54. The van der Waals surface area contributed by atoms with Crippen LogP contribution in [0.1, 0.15) is 5.69 Å². The molecule has 1 saturated heterocycles. The van der Waals surface area contributed by atoms with E-state index in [-0.39, 0.29) is 35.4 Å². The van der Waals surface area contributed by atoms with Crippen LogP contribution in [-0.4, -0.2) is 84.8 Å². The number of azide groups is 1. The van der Waals surface area contributed by atoms with Crippen molar-refractivity contribution in [2.75, 3.05) is 30.4 Å². The van der Waals surface area contributed by atoms with Crippen LogP contribution in [0.25, 0.3) is 10.4 Å². The van der Waals surface area contributed by atoms with Gasteiger partial charge < -0.3 is 21.0 Å². The van der Waals surface area contributed by atoms with E-state index in [0.717, 1.165) is 11.3 Å². The summed E-state index contributed by atoms with van der Waals surface area (Å²) in [5.41, 5.74) is 16.0. The molecule has 2 aliphatic rings. The number of hydrogen-bond donors (Lipinski definition) is 3. The van der Waals surface area contributed by atoms with Crippen molar-refractivity contribution < 1.29 is 24.3 Å². The van der Waals surface area contributed by atoms with E-state index >= 15 is 0 Å². The van der Waals surface area contributed by atoms with Gasteiger partial charge in [-0.3, -0.25) is 14.5 Å². The Bertz CT molecular complexity index is 1270. The molecule has 1 unspecified atom stereocenters. The van der Waals surface area contributed by atoms with Crippen LogP contribution in [0.3, 0.4) is 0 Å². The van der Waals surface area contributed by atoms with Crippen molar-refractivity contribution >= 4 is 74.8 Å². The number of carbonyl (C=O) groups is 3. The van der Waals surface area contributed by atoms with Gasteiger partial charge in [0.05, 0.1) is 6.54 Å². The first-order valence-electron chi connectivity index (χ1n) is 9.92. The van der Waals surface area contributed by atoms with Crippen LogP contribution in [0.2, 0.25) is 0 Å². The maximum atomic E-state index is 13.0. The van der Waals surface area contributed by atoms with E-state index in [4.69, 9.17) is 16.1 Å². The highest BCUT2D eigenvalue weighted by Crippen LogP contribution is 2.41. The third-order valence-corrected chi connectivity index (χ3v) is 8.69. The summed E-state index contributed by atoms with van der Waals surface area (Å²) >= 11 is 5.11. The number of carbonyl (C=O) groups excluding carboxylic acids is 2. The van der Waals surface area contributed by atoms with Crippen molar-refractivity contribution in [2.24, 2.45) is 10.3 Å². The molecule has 2 aromatic rings. The maximum absolute atomic E-state index is 13.0. The summed E-state index contributed by atoms with van der Waals surface area (Å²) in [4.78, 5) is 50.8. The van der Waals surface area contributed by atoms with Crippen LogP contribution >= 0.6 is 46.2 Å². The Balaban J connectivity index is 1.47. The Labute approximate surface area is 218 Å². The Kier molecular flexibility index (Phi) is 8.26. The lowest BCUT2D eigenvalue weighted by Gasteiger charge is -2.49. The van der Waals surface area contributed by atoms with Gasteiger partial charge in [-0.1, -0.05) is 33.4 Å².